The smallest absolute Gasteiger partial charge is 0.219 e. The largest absolute Gasteiger partial charge is 0.433 e. The van der Waals surface area contributed by atoms with Crippen molar-refractivity contribution in [1.82, 2.24) is 24.6 Å². The average Bonchev–Trinajstić information content (AvgIpc) is 3.58. The van der Waals surface area contributed by atoms with Crippen LogP contribution in [0.2, 0.25) is 0 Å². The van der Waals surface area contributed by atoms with Crippen LogP contribution in [-0.4, -0.2) is 57.2 Å². The predicted molar refractivity (Wildman–Crippen MR) is 150 cm³/mol. The van der Waals surface area contributed by atoms with Crippen molar-refractivity contribution in [2.24, 2.45) is 0 Å². The second-order valence-electron chi connectivity index (χ2n) is 10.0. The van der Waals surface area contributed by atoms with Gasteiger partial charge in [0.25, 0.3) is 0 Å². The van der Waals surface area contributed by atoms with E-state index in [0.29, 0.717) is 23.6 Å². The quantitative estimate of drug-likeness (QED) is 0.259. The Kier molecular flexibility index (Phi) is 6.98. The minimum absolute atomic E-state index is 0.000490. The summed E-state index contributed by atoms with van der Waals surface area (Å²) in [5.74, 6) is -2.37. The molecule has 3 N–H and O–H groups in total. The molecule has 3 aromatic heterocycles. The zero-order chi connectivity index (χ0) is 28.7. The highest BCUT2D eigenvalue weighted by molar-refractivity contribution is 6.12. The summed E-state index contributed by atoms with van der Waals surface area (Å²) in [4.78, 5) is 23.3. The molecular formula is C30H28F2N6O3. The number of nitrogens with one attached hydrogen (secondary N) is 1. The molecule has 0 atom stereocenters. The number of nitrogens with zero attached hydrogens (tertiary/aromatic N) is 4. The van der Waals surface area contributed by atoms with Crippen LogP contribution in [0.4, 0.5) is 14.6 Å². The van der Waals surface area contributed by atoms with Gasteiger partial charge in [-0.25, -0.2) is 18.4 Å². The molecule has 4 heterocycles. The molecule has 1 aliphatic rings. The van der Waals surface area contributed by atoms with Gasteiger partial charge in [0.2, 0.25) is 17.4 Å². The third-order valence-electron chi connectivity index (χ3n) is 7.41. The lowest BCUT2D eigenvalue weighted by atomic mass is 9.96. The molecule has 2 aromatic carbocycles. The van der Waals surface area contributed by atoms with Crippen molar-refractivity contribution in [3.05, 3.63) is 94.4 Å². The summed E-state index contributed by atoms with van der Waals surface area (Å²) in [6, 6.07) is 11.0. The van der Waals surface area contributed by atoms with E-state index in [4.69, 9.17) is 15.2 Å². The van der Waals surface area contributed by atoms with Gasteiger partial charge in [0.1, 0.15) is 5.82 Å². The number of nitrogens with two attached hydrogens (primary N) is 1. The van der Waals surface area contributed by atoms with Crippen LogP contribution in [0.15, 0.2) is 54.9 Å². The molecule has 0 amide bonds. The van der Waals surface area contributed by atoms with Crippen LogP contribution >= 0.6 is 0 Å². The molecule has 1 aliphatic heterocycles. The lowest BCUT2D eigenvalue weighted by Gasteiger charge is -2.28. The van der Waals surface area contributed by atoms with Crippen molar-refractivity contribution in [2.75, 3.05) is 32.5 Å². The summed E-state index contributed by atoms with van der Waals surface area (Å²) in [7, 11) is 1.70. The van der Waals surface area contributed by atoms with Crippen molar-refractivity contribution in [2.45, 2.75) is 19.9 Å². The molecule has 0 fully saturated rings. The zero-order valence-corrected chi connectivity index (χ0v) is 22.6. The van der Waals surface area contributed by atoms with Gasteiger partial charge >= 0.3 is 0 Å². The molecule has 41 heavy (non-hydrogen) atoms. The molecule has 5 aromatic rings. The number of para-hydroxylation sites is 1. The fourth-order valence-electron chi connectivity index (χ4n) is 5.20. The summed E-state index contributed by atoms with van der Waals surface area (Å²) in [6.07, 6.45) is 3.78. The van der Waals surface area contributed by atoms with Gasteiger partial charge in [0, 0.05) is 43.7 Å². The number of aromatic nitrogens is 4. The van der Waals surface area contributed by atoms with E-state index in [1.165, 1.54) is 40.3 Å². The van der Waals surface area contributed by atoms with E-state index in [1.807, 2.05) is 12.1 Å². The first kappa shape index (κ1) is 26.6. The number of carbonyl (C=O) groups excluding carboxylic acids is 1. The van der Waals surface area contributed by atoms with Crippen molar-refractivity contribution in [3.8, 4) is 17.3 Å². The topological polar surface area (TPSA) is 111 Å². The van der Waals surface area contributed by atoms with Gasteiger partial charge in [0.05, 0.1) is 35.9 Å². The van der Waals surface area contributed by atoms with Crippen LogP contribution in [0.25, 0.3) is 16.6 Å². The number of benzene rings is 2. The molecule has 11 heteroatoms. The lowest BCUT2D eigenvalue weighted by molar-refractivity contribution is 0.103. The number of nitrogen functional groups attached to an aromatic ring is 1. The fourth-order valence-corrected chi connectivity index (χ4v) is 5.20. The summed E-state index contributed by atoms with van der Waals surface area (Å²) in [5, 5.41) is 5.35. The van der Waals surface area contributed by atoms with Crippen LogP contribution in [0.5, 0.6) is 11.6 Å². The van der Waals surface area contributed by atoms with E-state index >= 15 is 0 Å². The fraction of sp³-hybridized carbons (Fsp3) is 0.233. The van der Waals surface area contributed by atoms with E-state index in [0.717, 1.165) is 49.1 Å². The van der Waals surface area contributed by atoms with Crippen molar-refractivity contribution < 1.29 is 23.0 Å². The maximum absolute atomic E-state index is 14.0. The normalized spacial score (nSPS) is 13.5. The molecule has 0 aliphatic carbocycles. The molecular weight excluding hydrogens is 530 g/mol. The average molecular weight is 559 g/mol. The molecule has 0 radical (unpaired) electrons. The number of hydrogen-bond donors (Lipinski definition) is 2. The van der Waals surface area contributed by atoms with Gasteiger partial charge in [-0.15, -0.1) is 0 Å². The predicted octanol–water partition coefficient (Wildman–Crippen LogP) is 4.95. The minimum Gasteiger partial charge on any atom is -0.433 e. The van der Waals surface area contributed by atoms with Gasteiger partial charge < -0.3 is 20.2 Å². The van der Waals surface area contributed by atoms with Crippen LogP contribution in [0.1, 0.15) is 32.7 Å². The SMILES string of the molecule is COCCN1CCc2ccc3[nH]c(C(=O)c4cnn(-c5cnc(Oc6c(F)cccc6F)cc5C)c4N)cc3c2C1. The number of carbonyl (C=O) groups is 1. The molecule has 9 nitrogen and oxygen atoms in total. The number of anilines is 1. The highest BCUT2D eigenvalue weighted by Gasteiger charge is 2.24. The number of halogens is 2. The van der Waals surface area contributed by atoms with Crippen LogP contribution in [-0.2, 0) is 17.7 Å². The molecule has 210 valence electrons. The summed E-state index contributed by atoms with van der Waals surface area (Å²) in [5.41, 5.74) is 11.5. The van der Waals surface area contributed by atoms with E-state index in [2.05, 4.69) is 26.0 Å². The van der Waals surface area contributed by atoms with Crippen LogP contribution in [0.3, 0.4) is 0 Å². The number of pyridine rings is 1. The number of hydrogen-bond acceptors (Lipinski definition) is 7. The van der Waals surface area contributed by atoms with Gasteiger partial charge in [0.15, 0.2) is 11.6 Å². The molecule has 6 rings (SSSR count). The molecule has 0 bridgehead atoms. The molecule has 0 unspecified atom stereocenters. The van der Waals surface area contributed by atoms with Gasteiger partial charge in [-0.2, -0.15) is 5.10 Å². The monoisotopic (exact) mass is 558 g/mol. The minimum atomic E-state index is -0.839. The Labute approximate surface area is 234 Å². The number of fused-ring (bicyclic) bond motifs is 3. The number of rotatable bonds is 8. The second kappa shape index (κ2) is 10.8. The van der Waals surface area contributed by atoms with E-state index in [-0.39, 0.29) is 23.0 Å². The van der Waals surface area contributed by atoms with E-state index < -0.39 is 17.4 Å². The van der Waals surface area contributed by atoms with Crippen molar-refractivity contribution in [3.63, 3.8) is 0 Å². The third kappa shape index (κ3) is 4.94. The zero-order valence-electron chi connectivity index (χ0n) is 22.6. The maximum Gasteiger partial charge on any atom is 0.219 e. The Balaban J connectivity index is 1.26. The van der Waals surface area contributed by atoms with Crippen molar-refractivity contribution >= 4 is 22.5 Å². The number of methoxy groups -OCH3 is 1. The molecule has 0 saturated carbocycles. The summed E-state index contributed by atoms with van der Waals surface area (Å²) >= 11 is 0. The Hall–Kier alpha value is -4.61. The third-order valence-corrected chi connectivity index (χ3v) is 7.41. The number of aromatic amines is 1. The van der Waals surface area contributed by atoms with E-state index in [9.17, 15) is 13.6 Å². The van der Waals surface area contributed by atoms with Crippen LogP contribution in [0, 0.1) is 18.6 Å². The first-order valence-electron chi connectivity index (χ1n) is 13.2. The first-order valence-corrected chi connectivity index (χ1v) is 13.2. The highest BCUT2D eigenvalue weighted by atomic mass is 19.1. The summed E-state index contributed by atoms with van der Waals surface area (Å²) in [6.45, 7) is 5.02. The number of ketones is 1. The highest BCUT2D eigenvalue weighted by Crippen LogP contribution is 2.31. The molecule has 0 saturated heterocycles. The Morgan fingerprint density at radius 2 is 1.95 bits per heavy atom. The second-order valence-corrected chi connectivity index (χ2v) is 10.0. The number of aryl methyl sites for hydroxylation is 1. The Bertz CT molecular complexity index is 1760. The molecule has 0 spiro atoms. The van der Waals surface area contributed by atoms with Gasteiger partial charge in [-0.3, -0.25) is 9.69 Å². The van der Waals surface area contributed by atoms with E-state index in [1.54, 1.807) is 14.0 Å². The van der Waals surface area contributed by atoms with Gasteiger partial charge in [-0.05, 0) is 54.3 Å². The standard InChI is InChI=1S/C30H28F2N6O3/c1-17-12-27(41-29-22(31)4-3-5-23(29)32)34-15-26(17)38-30(33)20(14-35-38)28(39)25-13-19-21-16-37(10-11-40-2)9-8-18(21)6-7-24(19)36-25/h3-7,12-15,36H,8-11,16,33H2,1-2H3. The number of ether oxygens (including phenoxy) is 2. The van der Waals surface area contributed by atoms with Crippen molar-refractivity contribution in [1.29, 1.82) is 0 Å². The summed E-state index contributed by atoms with van der Waals surface area (Å²) < 4.78 is 40.0. The Morgan fingerprint density at radius 3 is 2.71 bits per heavy atom. The van der Waals surface area contributed by atoms with Gasteiger partial charge in [-0.1, -0.05) is 12.1 Å². The van der Waals surface area contributed by atoms with Crippen LogP contribution < -0.4 is 10.5 Å². The lowest BCUT2D eigenvalue weighted by Crippen LogP contribution is -2.33. The number of H-pyrrole nitrogens is 1. The Morgan fingerprint density at radius 1 is 1.15 bits per heavy atom. The first-order chi connectivity index (χ1) is 19.8. The maximum atomic E-state index is 14.0.